The summed E-state index contributed by atoms with van der Waals surface area (Å²) in [5.41, 5.74) is 2.93. The quantitative estimate of drug-likeness (QED) is 0.397. The third-order valence-electron chi connectivity index (χ3n) is 2.64. The molecule has 1 atom stereocenters. The van der Waals surface area contributed by atoms with Gasteiger partial charge in [-0.05, 0) is 26.0 Å². The van der Waals surface area contributed by atoms with Crippen LogP contribution in [-0.4, -0.2) is 36.1 Å². The van der Waals surface area contributed by atoms with Crippen LogP contribution >= 0.6 is 0 Å². The van der Waals surface area contributed by atoms with Crippen molar-refractivity contribution in [1.29, 1.82) is 0 Å². The number of hydrogen-bond acceptors (Lipinski definition) is 3. The zero-order valence-electron chi connectivity index (χ0n) is 7.17. The summed E-state index contributed by atoms with van der Waals surface area (Å²) in [5.74, 6) is 5.69. The Kier molecular flexibility index (Phi) is 1.44. The molecule has 62 valence electrons. The van der Waals surface area contributed by atoms with Gasteiger partial charge in [0, 0.05) is 13.1 Å². The van der Waals surface area contributed by atoms with Crippen LogP contribution in [0.4, 0.5) is 0 Å². The molecule has 0 saturated carbocycles. The minimum atomic E-state index is 0.511. The number of likely N-dealkylation sites (N-methyl/N-ethyl adjacent to an activating group) is 1. The SMILES string of the molecule is CC1/C(=C2\CCN(C)C2)N1N. The van der Waals surface area contributed by atoms with Crippen molar-refractivity contribution in [2.75, 3.05) is 20.1 Å². The molecular weight excluding hydrogens is 138 g/mol. The molecule has 2 saturated heterocycles. The lowest BCUT2D eigenvalue weighted by molar-refractivity contribution is 0.424. The Labute approximate surface area is 67.4 Å². The summed E-state index contributed by atoms with van der Waals surface area (Å²) in [6.45, 7) is 4.47. The fourth-order valence-corrected chi connectivity index (χ4v) is 1.81. The molecule has 3 nitrogen and oxygen atoms in total. The third-order valence-corrected chi connectivity index (χ3v) is 2.64. The molecule has 2 aliphatic rings. The Morgan fingerprint density at radius 2 is 2.18 bits per heavy atom. The Hall–Kier alpha value is -0.540. The van der Waals surface area contributed by atoms with Gasteiger partial charge >= 0.3 is 0 Å². The molecule has 2 heterocycles. The molecule has 2 N–H and O–H groups in total. The lowest BCUT2D eigenvalue weighted by Gasteiger charge is -2.01. The first kappa shape index (κ1) is 7.13. The van der Waals surface area contributed by atoms with Gasteiger partial charge in [0.25, 0.3) is 0 Å². The fourth-order valence-electron chi connectivity index (χ4n) is 1.81. The van der Waals surface area contributed by atoms with Gasteiger partial charge in [0.2, 0.25) is 0 Å². The van der Waals surface area contributed by atoms with Gasteiger partial charge in [0.15, 0.2) is 0 Å². The Bertz CT molecular complexity index is 199. The number of hydrogen-bond donors (Lipinski definition) is 1. The van der Waals surface area contributed by atoms with Crippen LogP contribution in [0, 0.1) is 0 Å². The van der Waals surface area contributed by atoms with Gasteiger partial charge in [0.05, 0.1) is 11.7 Å². The second-order valence-electron chi connectivity index (χ2n) is 3.56. The molecule has 0 radical (unpaired) electrons. The van der Waals surface area contributed by atoms with E-state index in [1.807, 2.05) is 5.01 Å². The number of hydrazine groups is 1. The van der Waals surface area contributed by atoms with Crippen LogP contribution in [0.2, 0.25) is 0 Å². The van der Waals surface area contributed by atoms with Crippen LogP contribution in [0.25, 0.3) is 0 Å². The molecule has 0 bridgehead atoms. The van der Waals surface area contributed by atoms with E-state index in [0.717, 1.165) is 6.54 Å². The van der Waals surface area contributed by atoms with E-state index in [0.29, 0.717) is 6.04 Å². The van der Waals surface area contributed by atoms with E-state index in [4.69, 9.17) is 5.84 Å². The van der Waals surface area contributed by atoms with Gasteiger partial charge in [-0.1, -0.05) is 0 Å². The highest BCUT2D eigenvalue weighted by atomic mass is 15.5. The first-order valence-electron chi connectivity index (χ1n) is 4.14. The molecule has 11 heavy (non-hydrogen) atoms. The second kappa shape index (κ2) is 2.22. The lowest BCUT2D eigenvalue weighted by atomic mass is 10.2. The first-order chi connectivity index (χ1) is 5.20. The monoisotopic (exact) mass is 153 g/mol. The van der Waals surface area contributed by atoms with Crippen molar-refractivity contribution in [1.82, 2.24) is 9.91 Å². The normalized spacial score (nSPS) is 38.5. The molecule has 0 aromatic rings. The van der Waals surface area contributed by atoms with Gasteiger partial charge in [-0.3, -0.25) is 0 Å². The van der Waals surface area contributed by atoms with Gasteiger partial charge in [0.1, 0.15) is 0 Å². The van der Waals surface area contributed by atoms with Crippen molar-refractivity contribution < 1.29 is 0 Å². The van der Waals surface area contributed by atoms with Crippen LogP contribution < -0.4 is 5.84 Å². The molecule has 2 fully saturated rings. The number of nitrogens with two attached hydrogens (primary N) is 1. The van der Waals surface area contributed by atoms with E-state index >= 15 is 0 Å². The standard InChI is InChI=1S/C8H15N3/c1-6-8(11(6)9)7-3-4-10(2)5-7/h6H,3-5,9H2,1-2H3/b8-7-. The number of rotatable bonds is 0. The highest BCUT2D eigenvalue weighted by Gasteiger charge is 2.37. The molecule has 2 rings (SSSR count). The number of likely N-dealkylation sites (tertiary alicyclic amines) is 1. The fraction of sp³-hybridized carbons (Fsp3) is 0.750. The molecule has 0 aromatic heterocycles. The largest absolute Gasteiger partial charge is 0.304 e. The maximum atomic E-state index is 5.69. The van der Waals surface area contributed by atoms with Crippen molar-refractivity contribution in [3.8, 4) is 0 Å². The maximum absolute atomic E-state index is 5.69. The summed E-state index contributed by atoms with van der Waals surface area (Å²) in [5, 5.41) is 1.87. The zero-order chi connectivity index (χ0) is 8.01. The molecule has 0 aromatic carbocycles. The van der Waals surface area contributed by atoms with Crippen molar-refractivity contribution in [3.63, 3.8) is 0 Å². The van der Waals surface area contributed by atoms with E-state index < -0.39 is 0 Å². The van der Waals surface area contributed by atoms with Gasteiger partial charge in [-0.15, -0.1) is 0 Å². The highest BCUT2D eigenvalue weighted by Crippen LogP contribution is 2.34. The summed E-state index contributed by atoms with van der Waals surface area (Å²) >= 11 is 0. The smallest absolute Gasteiger partial charge is 0.0832 e. The second-order valence-corrected chi connectivity index (χ2v) is 3.56. The maximum Gasteiger partial charge on any atom is 0.0832 e. The van der Waals surface area contributed by atoms with Crippen LogP contribution in [-0.2, 0) is 0 Å². The lowest BCUT2D eigenvalue weighted by Crippen LogP contribution is -2.11. The van der Waals surface area contributed by atoms with Crippen molar-refractivity contribution in [2.45, 2.75) is 19.4 Å². The zero-order valence-corrected chi connectivity index (χ0v) is 7.17. The highest BCUT2D eigenvalue weighted by molar-refractivity contribution is 5.32. The van der Waals surface area contributed by atoms with Crippen molar-refractivity contribution in [3.05, 3.63) is 11.3 Å². The van der Waals surface area contributed by atoms with E-state index in [1.54, 1.807) is 5.57 Å². The summed E-state index contributed by atoms with van der Waals surface area (Å²) in [6, 6.07) is 0.511. The topological polar surface area (TPSA) is 32.3 Å². The molecule has 0 aliphatic carbocycles. The van der Waals surface area contributed by atoms with Crippen LogP contribution in [0.15, 0.2) is 11.3 Å². The first-order valence-corrected chi connectivity index (χ1v) is 4.14. The number of nitrogens with zero attached hydrogens (tertiary/aromatic N) is 2. The van der Waals surface area contributed by atoms with Gasteiger partial charge < -0.3 is 9.91 Å². The Morgan fingerprint density at radius 1 is 1.55 bits per heavy atom. The van der Waals surface area contributed by atoms with Crippen molar-refractivity contribution in [2.24, 2.45) is 5.84 Å². The summed E-state index contributed by atoms with van der Waals surface area (Å²) in [6.07, 6.45) is 1.21. The van der Waals surface area contributed by atoms with Crippen molar-refractivity contribution >= 4 is 0 Å². The van der Waals surface area contributed by atoms with E-state index in [1.165, 1.54) is 18.7 Å². The molecule has 2 aliphatic heterocycles. The average Bonchev–Trinajstić information content (AvgIpc) is 2.44. The minimum Gasteiger partial charge on any atom is -0.304 e. The molecule has 3 heteroatoms. The van der Waals surface area contributed by atoms with E-state index in [2.05, 4.69) is 18.9 Å². The third kappa shape index (κ3) is 1.04. The van der Waals surface area contributed by atoms with Crippen LogP contribution in [0.5, 0.6) is 0 Å². The average molecular weight is 153 g/mol. The molecule has 0 spiro atoms. The van der Waals surface area contributed by atoms with Crippen LogP contribution in [0.1, 0.15) is 13.3 Å². The van der Waals surface area contributed by atoms with E-state index in [-0.39, 0.29) is 0 Å². The molecular formula is C8H15N3. The van der Waals surface area contributed by atoms with Gasteiger partial charge in [-0.25, -0.2) is 5.84 Å². The molecule has 0 amide bonds. The Morgan fingerprint density at radius 3 is 2.55 bits per heavy atom. The predicted molar refractivity (Wildman–Crippen MR) is 44.6 cm³/mol. The summed E-state index contributed by atoms with van der Waals surface area (Å²) in [7, 11) is 2.15. The Balaban J connectivity index is 2.12. The van der Waals surface area contributed by atoms with E-state index in [9.17, 15) is 0 Å². The predicted octanol–water partition coefficient (Wildman–Crippen LogP) is 0.154. The molecule has 1 unspecified atom stereocenters. The van der Waals surface area contributed by atoms with Gasteiger partial charge in [-0.2, -0.15) is 0 Å². The summed E-state index contributed by atoms with van der Waals surface area (Å²) < 4.78 is 0. The van der Waals surface area contributed by atoms with Crippen LogP contribution in [0.3, 0.4) is 0 Å². The minimum absolute atomic E-state index is 0.511. The summed E-state index contributed by atoms with van der Waals surface area (Å²) in [4.78, 5) is 2.33.